The number of halogens is 3. The van der Waals surface area contributed by atoms with Gasteiger partial charge < -0.3 is 15.1 Å². The number of carbonyl (C=O) groups is 1. The Hall–Kier alpha value is -1.95. The maximum Gasteiger partial charge on any atom is 0.345 e. The minimum absolute atomic E-state index is 0.0797. The molecule has 0 saturated heterocycles. The van der Waals surface area contributed by atoms with Crippen LogP contribution in [0.5, 0.6) is 5.75 Å². The van der Waals surface area contributed by atoms with Gasteiger partial charge >= 0.3 is 5.97 Å². The highest BCUT2D eigenvalue weighted by molar-refractivity contribution is 6.39. The zero-order valence-electron chi connectivity index (χ0n) is 12.0. The molecule has 0 spiro atoms. The molecule has 3 rings (SSSR count). The van der Waals surface area contributed by atoms with Crippen molar-refractivity contribution in [2.45, 2.75) is 12.5 Å². The molecule has 0 bridgehead atoms. The summed E-state index contributed by atoms with van der Waals surface area (Å²) in [4.78, 5) is 11.1. The summed E-state index contributed by atoms with van der Waals surface area (Å²) >= 11 is 18.5. The van der Waals surface area contributed by atoms with Gasteiger partial charge in [-0.05, 0) is 18.2 Å². The van der Waals surface area contributed by atoms with Crippen molar-refractivity contribution in [3.63, 3.8) is 0 Å². The summed E-state index contributed by atoms with van der Waals surface area (Å²) in [6.45, 7) is 0. The number of aliphatic carboxylic acids is 1. The van der Waals surface area contributed by atoms with Crippen LogP contribution in [0.2, 0.25) is 15.1 Å². The standard InChI is InChI=1S/C16H10Cl3NO4/c17-8-3-1-7(2-4-8)14(20-23)9-5-11(18)15-10(13(9)19)6-12(24-15)16(21)22/h1-5,12,23H,6H2,(H,21,22). The lowest BCUT2D eigenvalue weighted by Crippen LogP contribution is -2.24. The molecule has 0 aliphatic carbocycles. The maximum atomic E-state index is 11.1. The van der Waals surface area contributed by atoms with E-state index in [-0.39, 0.29) is 27.9 Å². The second kappa shape index (κ2) is 6.51. The Balaban J connectivity index is 2.10. The lowest BCUT2D eigenvalue weighted by molar-refractivity contribution is -0.144. The molecular weight excluding hydrogens is 377 g/mol. The zero-order chi connectivity index (χ0) is 17.4. The number of ether oxygens (including phenoxy) is 1. The van der Waals surface area contributed by atoms with E-state index >= 15 is 0 Å². The topological polar surface area (TPSA) is 79.1 Å². The number of nitrogens with zero attached hydrogens (tertiary/aromatic N) is 1. The first-order valence-electron chi connectivity index (χ1n) is 6.81. The summed E-state index contributed by atoms with van der Waals surface area (Å²) in [7, 11) is 0. The molecular formula is C16H10Cl3NO4. The molecule has 2 aromatic rings. The van der Waals surface area contributed by atoms with E-state index in [4.69, 9.17) is 44.6 Å². The monoisotopic (exact) mass is 385 g/mol. The van der Waals surface area contributed by atoms with E-state index in [0.717, 1.165) is 0 Å². The van der Waals surface area contributed by atoms with Crippen molar-refractivity contribution in [2.24, 2.45) is 5.16 Å². The molecule has 0 saturated carbocycles. The lowest BCUT2D eigenvalue weighted by Gasteiger charge is -2.12. The fourth-order valence-electron chi connectivity index (χ4n) is 2.53. The molecule has 0 fully saturated rings. The van der Waals surface area contributed by atoms with Crippen LogP contribution < -0.4 is 4.74 Å². The van der Waals surface area contributed by atoms with Crippen LogP contribution in [0, 0.1) is 0 Å². The van der Waals surface area contributed by atoms with Gasteiger partial charge in [-0.25, -0.2) is 4.79 Å². The first-order chi connectivity index (χ1) is 11.4. The van der Waals surface area contributed by atoms with Crippen LogP contribution >= 0.6 is 34.8 Å². The molecule has 2 N–H and O–H groups in total. The van der Waals surface area contributed by atoms with Crippen molar-refractivity contribution in [3.05, 3.63) is 62.1 Å². The normalized spacial score (nSPS) is 16.6. The number of hydrogen-bond acceptors (Lipinski definition) is 4. The lowest BCUT2D eigenvalue weighted by atomic mass is 9.98. The second-order valence-corrected chi connectivity index (χ2v) is 6.35. The van der Waals surface area contributed by atoms with Crippen LogP contribution in [0.25, 0.3) is 0 Å². The number of hydrogen-bond donors (Lipinski definition) is 2. The van der Waals surface area contributed by atoms with Crippen LogP contribution in [0.15, 0.2) is 35.5 Å². The number of fused-ring (bicyclic) bond motifs is 1. The van der Waals surface area contributed by atoms with Gasteiger partial charge in [-0.2, -0.15) is 0 Å². The van der Waals surface area contributed by atoms with Gasteiger partial charge in [0.05, 0.1) is 10.0 Å². The van der Waals surface area contributed by atoms with Crippen molar-refractivity contribution in [1.29, 1.82) is 0 Å². The van der Waals surface area contributed by atoms with E-state index < -0.39 is 12.1 Å². The highest BCUT2D eigenvalue weighted by Crippen LogP contribution is 2.43. The first-order valence-corrected chi connectivity index (χ1v) is 7.94. The molecule has 1 aliphatic heterocycles. The largest absolute Gasteiger partial charge is 0.478 e. The maximum absolute atomic E-state index is 11.1. The molecule has 5 nitrogen and oxygen atoms in total. The minimum Gasteiger partial charge on any atom is -0.478 e. The van der Waals surface area contributed by atoms with Crippen LogP contribution in [-0.2, 0) is 11.2 Å². The molecule has 1 aliphatic rings. The van der Waals surface area contributed by atoms with E-state index in [1.165, 1.54) is 6.07 Å². The predicted molar refractivity (Wildman–Crippen MR) is 91.1 cm³/mol. The Morgan fingerprint density at radius 3 is 2.46 bits per heavy atom. The Bertz CT molecular complexity index is 849. The SMILES string of the molecule is O=C(O)C1Cc2c(Cl)c(C(=NO)c3ccc(Cl)cc3)cc(Cl)c2O1. The molecule has 2 aromatic carbocycles. The van der Waals surface area contributed by atoms with Gasteiger partial charge in [0.1, 0.15) is 11.5 Å². The summed E-state index contributed by atoms with van der Waals surface area (Å²) < 4.78 is 5.33. The number of rotatable bonds is 3. The molecule has 124 valence electrons. The highest BCUT2D eigenvalue weighted by Gasteiger charge is 2.34. The third kappa shape index (κ3) is 2.90. The molecule has 8 heteroatoms. The molecule has 0 radical (unpaired) electrons. The van der Waals surface area contributed by atoms with Crippen molar-refractivity contribution in [2.75, 3.05) is 0 Å². The first kappa shape index (κ1) is 16.9. The van der Waals surface area contributed by atoms with Crippen LogP contribution in [0.3, 0.4) is 0 Å². The molecule has 1 atom stereocenters. The fraction of sp³-hybridized carbons (Fsp3) is 0.125. The average Bonchev–Trinajstić information content (AvgIpc) is 3.01. The molecule has 0 amide bonds. The Kier molecular flexibility index (Phi) is 4.58. The summed E-state index contributed by atoms with van der Waals surface area (Å²) in [6.07, 6.45) is -0.966. The molecule has 1 heterocycles. The molecule has 0 aromatic heterocycles. The van der Waals surface area contributed by atoms with Crippen LogP contribution in [0.1, 0.15) is 16.7 Å². The van der Waals surface area contributed by atoms with Crippen LogP contribution in [0.4, 0.5) is 0 Å². The predicted octanol–water partition coefficient (Wildman–Crippen LogP) is 4.26. The number of carboxylic acids is 1. The van der Waals surface area contributed by atoms with Crippen LogP contribution in [-0.4, -0.2) is 28.1 Å². The van der Waals surface area contributed by atoms with E-state index in [0.29, 0.717) is 21.7 Å². The minimum atomic E-state index is -1.10. The third-order valence-corrected chi connectivity index (χ3v) is 4.63. The number of carboxylic acid groups (broad SMARTS) is 1. The zero-order valence-corrected chi connectivity index (χ0v) is 14.2. The van der Waals surface area contributed by atoms with Crippen molar-refractivity contribution < 1.29 is 19.8 Å². The molecule has 24 heavy (non-hydrogen) atoms. The van der Waals surface area contributed by atoms with Gasteiger partial charge in [0.25, 0.3) is 0 Å². The number of benzene rings is 2. The Morgan fingerprint density at radius 1 is 1.21 bits per heavy atom. The van der Waals surface area contributed by atoms with E-state index in [1.807, 2.05) is 0 Å². The second-order valence-electron chi connectivity index (χ2n) is 5.13. The summed E-state index contributed by atoms with van der Waals surface area (Å²) in [5.41, 5.74) is 1.62. The third-order valence-electron chi connectivity index (χ3n) is 3.66. The van der Waals surface area contributed by atoms with Gasteiger partial charge in [0, 0.05) is 28.1 Å². The number of oxime groups is 1. The molecule has 1 unspecified atom stereocenters. The summed E-state index contributed by atoms with van der Waals surface area (Å²) in [5.74, 6) is -0.861. The van der Waals surface area contributed by atoms with Gasteiger partial charge in [-0.3, -0.25) is 0 Å². The quantitative estimate of drug-likeness (QED) is 0.469. The van der Waals surface area contributed by atoms with Gasteiger partial charge in [0.2, 0.25) is 0 Å². The highest BCUT2D eigenvalue weighted by atomic mass is 35.5. The fourth-order valence-corrected chi connectivity index (χ4v) is 3.23. The van der Waals surface area contributed by atoms with Crippen molar-refractivity contribution in [1.82, 2.24) is 0 Å². The van der Waals surface area contributed by atoms with E-state index in [1.54, 1.807) is 24.3 Å². The summed E-state index contributed by atoms with van der Waals surface area (Å²) in [6, 6.07) is 8.12. The Labute approximate surface area is 152 Å². The summed E-state index contributed by atoms with van der Waals surface area (Å²) in [5, 5.41) is 22.8. The van der Waals surface area contributed by atoms with Crippen molar-refractivity contribution >= 4 is 46.5 Å². The van der Waals surface area contributed by atoms with E-state index in [2.05, 4.69) is 5.16 Å². The Morgan fingerprint density at radius 2 is 1.88 bits per heavy atom. The van der Waals surface area contributed by atoms with Crippen molar-refractivity contribution in [3.8, 4) is 5.75 Å². The van der Waals surface area contributed by atoms with Gasteiger partial charge in [0.15, 0.2) is 6.10 Å². The van der Waals surface area contributed by atoms with E-state index in [9.17, 15) is 10.0 Å². The van der Waals surface area contributed by atoms with Gasteiger partial charge in [-0.15, -0.1) is 0 Å². The van der Waals surface area contributed by atoms with Gasteiger partial charge in [-0.1, -0.05) is 52.1 Å². The average molecular weight is 387 g/mol. The smallest absolute Gasteiger partial charge is 0.345 e.